The number of hydrogen-bond acceptors (Lipinski definition) is 5. The summed E-state index contributed by atoms with van der Waals surface area (Å²) in [6.07, 6.45) is 1.50. The summed E-state index contributed by atoms with van der Waals surface area (Å²) in [5.41, 5.74) is 3.27. The Bertz CT molecular complexity index is 686. The van der Waals surface area contributed by atoms with E-state index in [0.29, 0.717) is 12.5 Å². The van der Waals surface area contributed by atoms with Crippen molar-refractivity contribution in [2.45, 2.75) is 26.7 Å². The number of anilines is 1. The van der Waals surface area contributed by atoms with Crippen LogP contribution in [-0.2, 0) is 9.53 Å². The van der Waals surface area contributed by atoms with Crippen molar-refractivity contribution >= 4 is 11.6 Å². The maximum Gasteiger partial charge on any atom is 0.263 e. The molecule has 26 heavy (non-hydrogen) atoms. The number of nitrogens with one attached hydrogen (secondary N) is 2. The lowest BCUT2D eigenvalue weighted by atomic mass is 9.98. The second-order valence-corrected chi connectivity index (χ2v) is 6.72. The van der Waals surface area contributed by atoms with Gasteiger partial charge in [0.1, 0.15) is 11.6 Å². The van der Waals surface area contributed by atoms with Crippen LogP contribution >= 0.6 is 0 Å². The number of nitrogens with zero attached hydrogens (tertiary/aromatic N) is 2. The van der Waals surface area contributed by atoms with E-state index in [0.717, 1.165) is 49.7 Å². The fourth-order valence-electron chi connectivity index (χ4n) is 2.91. The van der Waals surface area contributed by atoms with Gasteiger partial charge in [-0.1, -0.05) is 32.0 Å². The lowest BCUT2D eigenvalue weighted by Gasteiger charge is -2.26. The van der Waals surface area contributed by atoms with E-state index in [9.17, 15) is 10.1 Å². The van der Waals surface area contributed by atoms with Gasteiger partial charge in [-0.15, -0.1) is 0 Å². The highest BCUT2D eigenvalue weighted by Crippen LogP contribution is 2.27. The Hall–Kier alpha value is -2.36. The van der Waals surface area contributed by atoms with Gasteiger partial charge in [0.05, 0.1) is 13.2 Å². The van der Waals surface area contributed by atoms with Gasteiger partial charge in [-0.3, -0.25) is 9.69 Å². The molecular weight excluding hydrogens is 328 g/mol. The minimum absolute atomic E-state index is 0.0740. The van der Waals surface area contributed by atoms with Gasteiger partial charge in [-0.2, -0.15) is 5.26 Å². The number of morpholine rings is 1. The Morgan fingerprint density at radius 2 is 2.12 bits per heavy atom. The summed E-state index contributed by atoms with van der Waals surface area (Å²) in [4.78, 5) is 14.5. The van der Waals surface area contributed by atoms with Crippen LogP contribution in [0.2, 0.25) is 0 Å². The van der Waals surface area contributed by atoms with E-state index in [2.05, 4.69) is 35.4 Å². The minimum atomic E-state index is -0.354. The average Bonchev–Trinajstić information content (AvgIpc) is 2.64. The standard InChI is InChI=1S/C20H28N4O2/c1-15(2)18-6-4-5-16(3)19(18)23-14-17(13-21)20(25)22-7-8-24-9-11-26-12-10-24/h4-6,14-15,23H,7-12H2,1-3H3,(H,22,25)/b17-14-. The number of hydrogen-bond donors (Lipinski definition) is 2. The molecule has 140 valence electrons. The molecule has 0 unspecified atom stereocenters. The second kappa shape index (κ2) is 9.95. The third-order valence-electron chi connectivity index (χ3n) is 4.47. The highest BCUT2D eigenvalue weighted by atomic mass is 16.5. The summed E-state index contributed by atoms with van der Waals surface area (Å²) in [6.45, 7) is 10.7. The number of nitriles is 1. The first-order valence-electron chi connectivity index (χ1n) is 9.07. The first-order valence-corrected chi connectivity index (χ1v) is 9.07. The van der Waals surface area contributed by atoms with E-state index in [1.807, 2.05) is 25.1 Å². The molecule has 0 radical (unpaired) electrons. The van der Waals surface area contributed by atoms with Gasteiger partial charge in [-0.25, -0.2) is 0 Å². The van der Waals surface area contributed by atoms with Crippen LogP contribution in [0.1, 0.15) is 30.9 Å². The van der Waals surface area contributed by atoms with Crippen LogP contribution in [-0.4, -0.2) is 50.2 Å². The van der Waals surface area contributed by atoms with Crippen molar-refractivity contribution in [1.29, 1.82) is 5.26 Å². The Morgan fingerprint density at radius 1 is 1.38 bits per heavy atom. The number of ether oxygens (including phenoxy) is 1. The van der Waals surface area contributed by atoms with Gasteiger partial charge in [0.15, 0.2) is 0 Å². The van der Waals surface area contributed by atoms with Gasteiger partial charge < -0.3 is 15.4 Å². The maximum absolute atomic E-state index is 12.3. The van der Waals surface area contributed by atoms with Crippen LogP contribution in [0, 0.1) is 18.3 Å². The van der Waals surface area contributed by atoms with Gasteiger partial charge in [0.25, 0.3) is 5.91 Å². The summed E-state index contributed by atoms with van der Waals surface area (Å²) in [5.74, 6) is -0.00775. The van der Waals surface area contributed by atoms with Crippen LogP contribution in [0.15, 0.2) is 30.0 Å². The summed E-state index contributed by atoms with van der Waals surface area (Å²) < 4.78 is 5.30. The SMILES string of the molecule is Cc1cccc(C(C)C)c1N/C=C(/C#N)C(=O)NCCN1CCOCC1. The quantitative estimate of drug-likeness (QED) is 0.579. The zero-order chi connectivity index (χ0) is 18.9. The van der Waals surface area contributed by atoms with Crippen LogP contribution in [0.3, 0.4) is 0 Å². The number of carbonyl (C=O) groups is 1. The molecule has 0 bridgehead atoms. The lowest BCUT2D eigenvalue weighted by molar-refractivity contribution is -0.117. The van der Waals surface area contributed by atoms with Crippen molar-refractivity contribution in [2.24, 2.45) is 0 Å². The molecule has 1 fully saturated rings. The van der Waals surface area contributed by atoms with E-state index in [1.54, 1.807) is 0 Å². The number of carbonyl (C=O) groups excluding carboxylic acids is 1. The second-order valence-electron chi connectivity index (χ2n) is 6.72. The van der Waals surface area contributed by atoms with Crippen molar-refractivity contribution in [3.8, 4) is 6.07 Å². The predicted octanol–water partition coefficient (Wildman–Crippen LogP) is 2.39. The molecule has 0 spiro atoms. The summed E-state index contributed by atoms with van der Waals surface area (Å²) in [7, 11) is 0. The van der Waals surface area contributed by atoms with Gasteiger partial charge in [0, 0.05) is 38.1 Å². The maximum atomic E-state index is 12.3. The van der Waals surface area contributed by atoms with Crippen LogP contribution in [0.4, 0.5) is 5.69 Å². The molecule has 6 heteroatoms. The number of rotatable bonds is 7. The molecule has 0 saturated carbocycles. The van der Waals surface area contributed by atoms with E-state index < -0.39 is 0 Å². The van der Waals surface area contributed by atoms with E-state index in [-0.39, 0.29) is 11.5 Å². The van der Waals surface area contributed by atoms with E-state index >= 15 is 0 Å². The van der Waals surface area contributed by atoms with Gasteiger partial charge in [-0.05, 0) is 24.0 Å². The van der Waals surface area contributed by atoms with Gasteiger partial charge in [0.2, 0.25) is 0 Å². The molecule has 1 aromatic rings. The summed E-state index contributed by atoms with van der Waals surface area (Å²) >= 11 is 0. The zero-order valence-electron chi connectivity index (χ0n) is 15.8. The minimum Gasteiger partial charge on any atom is -0.379 e. The summed E-state index contributed by atoms with van der Waals surface area (Å²) in [6, 6.07) is 8.07. The number of para-hydroxylation sites is 1. The molecule has 2 rings (SSSR count). The zero-order valence-corrected chi connectivity index (χ0v) is 15.8. The van der Waals surface area contributed by atoms with Crippen LogP contribution in [0.25, 0.3) is 0 Å². The highest BCUT2D eigenvalue weighted by Gasteiger charge is 2.13. The summed E-state index contributed by atoms with van der Waals surface area (Å²) in [5, 5.41) is 15.3. The van der Waals surface area contributed by atoms with Crippen molar-refractivity contribution in [3.05, 3.63) is 41.1 Å². The molecule has 0 aliphatic carbocycles. The Balaban J connectivity index is 1.95. The molecule has 6 nitrogen and oxygen atoms in total. The predicted molar refractivity (Wildman–Crippen MR) is 103 cm³/mol. The lowest BCUT2D eigenvalue weighted by Crippen LogP contribution is -2.41. The Labute approximate surface area is 155 Å². The molecule has 1 heterocycles. The third-order valence-corrected chi connectivity index (χ3v) is 4.47. The molecule has 0 atom stereocenters. The molecular formula is C20H28N4O2. The number of benzene rings is 1. The normalized spacial score (nSPS) is 15.6. The number of amides is 1. The third kappa shape index (κ3) is 5.58. The van der Waals surface area contributed by atoms with Crippen molar-refractivity contribution in [2.75, 3.05) is 44.7 Å². The molecule has 2 N–H and O–H groups in total. The molecule has 1 aliphatic rings. The van der Waals surface area contributed by atoms with E-state index in [4.69, 9.17) is 4.74 Å². The topological polar surface area (TPSA) is 77.4 Å². The largest absolute Gasteiger partial charge is 0.379 e. The van der Waals surface area contributed by atoms with Crippen molar-refractivity contribution in [3.63, 3.8) is 0 Å². The Kier molecular flexibility index (Phi) is 7.64. The Morgan fingerprint density at radius 3 is 2.77 bits per heavy atom. The van der Waals surface area contributed by atoms with Crippen LogP contribution in [0.5, 0.6) is 0 Å². The molecule has 1 aliphatic heterocycles. The average molecular weight is 356 g/mol. The molecule has 0 aromatic heterocycles. The fraction of sp³-hybridized carbons (Fsp3) is 0.500. The molecule has 1 aromatic carbocycles. The number of aryl methyl sites for hydroxylation is 1. The highest BCUT2D eigenvalue weighted by molar-refractivity contribution is 5.97. The fourth-order valence-corrected chi connectivity index (χ4v) is 2.91. The van der Waals surface area contributed by atoms with Gasteiger partial charge >= 0.3 is 0 Å². The van der Waals surface area contributed by atoms with Crippen molar-refractivity contribution in [1.82, 2.24) is 10.2 Å². The first kappa shape index (κ1) is 20.0. The van der Waals surface area contributed by atoms with Crippen LogP contribution < -0.4 is 10.6 Å². The van der Waals surface area contributed by atoms with Crippen molar-refractivity contribution < 1.29 is 9.53 Å². The molecule has 1 amide bonds. The molecule has 1 saturated heterocycles. The first-order chi connectivity index (χ1) is 12.5. The smallest absolute Gasteiger partial charge is 0.263 e. The monoisotopic (exact) mass is 356 g/mol. The van der Waals surface area contributed by atoms with E-state index in [1.165, 1.54) is 6.20 Å².